The van der Waals surface area contributed by atoms with Gasteiger partial charge in [0.05, 0.1) is 11.3 Å². The minimum absolute atomic E-state index is 0.0543. The van der Waals surface area contributed by atoms with Crippen LogP contribution in [0.3, 0.4) is 0 Å². The molecule has 3 nitrogen and oxygen atoms in total. The number of benzene rings is 3. The molecule has 1 aromatic heterocycles. The van der Waals surface area contributed by atoms with E-state index in [2.05, 4.69) is 180 Å². The number of allylic oxidation sites excluding steroid dienone is 5. The number of hydrogen-bond donors (Lipinski definition) is 0. The van der Waals surface area contributed by atoms with Gasteiger partial charge in [-0.05, 0) is 191 Å². The van der Waals surface area contributed by atoms with Crippen LogP contribution in [-0.2, 0) is 28.1 Å². The number of rotatable bonds is 6. The third-order valence-corrected chi connectivity index (χ3v) is 17.7. The number of fused-ring (bicyclic) bond motifs is 9. The van der Waals surface area contributed by atoms with Crippen LogP contribution in [0.4, 0.5) is 28.4 Å². The zero-order valence-corrected chi connectivity index (χ0v) is 42.0. The van der Waals surface area contributed by atoms with Crippen molar-refractivity contribution in [3.63, 3.8) is 0 Å². The van der Waals surface area contributed by atoms with Crippen LogP contribution >= 0.6 is 0 Å². The monoisotopic (exact) mass is 851 g/mol. The molecule has 4 heteroatoms. The topological polar surface area (TPSA) is 19.6 Å². The van der Waals surface area contributed by atoms with Gasteiger partial charge in [-0.2, -0.15) is 0 Å². The molecule has 4 aliphatic carbocycles. The summed E-state index contributed by atoms with van der Waals surface area (Å²) in [5.74, 6) is 1.53. The summed E-state index contributed by atoms with van der Waals surface area (Å²) in [4.78, 5) is 5.31. The lowest BCUT2D eigenvalue weighted by Crippen LogP contribution is -2.62. The quantitative estimate of drug-likeness (QED) is 0.0734. The van der Waals surface area contributed by atoms with Crippen molar-refractivity contribution in [3.8, 4) is 0 Å². The molecule has 0 N–H and O–H groups in total. The van der Waals surface area contributed by atoms with Gasteiger partial charge in [-0.15, -0.1) is 6.58 Å². The molecule has 1 saturated carbocycles. The summed E-state index contributed by atoms with van der Waals surface area (Å²) in [6.45, 7) is 38.3. The van der Waals surface area contributed by atoms with E-state index < -0.39 is 0 Å². The molecule has 10 rings (SSSR count). The van der Waals surface area contributed by atoms with Crippen LogP contribution in [0.15, 0.2) is 89.0 Å². The van der Waals surface area contributed by atoms with Crippen LogP contribution in [-0.4, -0.2) is 6.71 Å². The average molecular weight is 851 g/mol. The van der Waals surface area contributed by atoms with E-state index in [-0.39, 0.29) is 39.2 Å². The van der Waals surface area contributed by atoms with Gasteiger partial charge in [0.2, 0.25) is 0 Å². The Hall–Kier alpha value is -4.44. The van der Waals surface area contributed by atoms with Crippen molar-refractivity contribution in [2.24, 2.45) is 16.7 Å². The molecule has 1 atom stereocenters. The Labute approximate surface area is 387 Å². The Morgan fingerprint density at radius 1 is 0.719 bits per heavy atom. The van der Waals surface area contributed by atoms with Crippen molar-refractivity contribution in [2.45, 2.75) is 176 Å². The van der Waals surface area contributed by atoms with Crippen molar-refractivity contribution in [1.29, 1.82) is 0 Å². The fourth-order valence-electron chi connectivity index (χ4n) is 13.3. The summed E-state index contributed by atoms with van der Waals surface area (Å²) >= 11 is 0. The van der Waals surface area contributed by atoms with E-state index in [1.54, 1.807) is 5.57 Å². The molecule has 0 spiro atoms. The highest BCUT2D eigenvalue weighted by Gasteiger charge is 2.52. The number of aryl methyl sites for hydroxylation is 1. The molecule has 0 radical (unpaired) electrons. The molecule has 334 valence electrons. The van der Waals surface area contributed by atoms with E-state index in [4.69, 9.17) is 4.42 Å². The standard InChI is InChI=1S/C60H75BN2O/c1-16-18-19-21-38(20-17-2)63-50-31-37(3)30-49-52(50)61(54-53(63)40-33-43-46(36-51(40)64-54)60(14,15)29-26-57(43,8)9)47-34-44-45(59(12,13)28-27-58(44,10)11)35-48(47)62(49)39-22-23-41-42(32-39)56(6,7)25-24-55(41,4)5/h16-17,20-23,30-32,34-36,43H,1,18-19,24-29,33H2,2-15H3/b20-17-,38-21+. The summed E-state index contributed by atoms with van der Waals surface area (Å²) < 4.78 is 7.66. The number of furan rings is 1. The van der Waals surface area contributed by atoms with Gasteiger partial charge < -0.3 is 14.2 Å². The maximum Gasteiger partial charge on any atom is 0.297 e. The first-order valence-electron chi connectivity index (χ1n) is 24.9. The largest absolute Gasteiger partial charge is 0.468 e. The first kappa shape index (κ1) is 43.5. The summed E-state index contributed by atoms with van der Waals surface area (Å²) in [6.07, 6.45) is 21.6. The van der Waals surface area contributed by atoms with E-state index in [1.807, 2.05) is 6.08 Å². The maximum atomic E-state index is 7.66. The van der Waals surface area contributed by atoms with Gasteiger partial charge in [-0.3, -0.25) is 0 Å². The molecular weight excluding hydrogens is 775 g/mol. The van der Waals surface area contributed by atoms with E-state index >= 15 is 0 Å². The molecule has 1 unspecified atom stereocenters. The Bertz CT molecular complexity index is 2720. The van der Waals surface area contributed by atoms with Crippen LogP contribution < -0.4 is 26.4 Å². The average Bonchev–Trinajstić information content (AvgIpc) is 3.60. The summed E-state index contributed by atoms with van der Waals surface area (Å²) in [6, 6.07) is 17.8. The van der Waals surface area contributed by atoms with Gasteiger partial charge >= 0.3 is 0 Å². The molecule has 1 fully saturated rings. The van der Waals surface area contributed by atoms with Gasteiger partial charge in [0, 0.05) is 34.0 Å². The van der Waals surface area contributed by atoms with Gasteiger partial charge in [0.25, 0.3) is 6.71 Å². The van der Waals surface area contributed by atoms with Gasteiger partial charge in [-0.25, -0.2) is 0 Å². The molecule has 0 saturated heterocycles. The highest BCUT2D eigenvalue weighted by Crippen LogP contribution is 2.58. The Morgan fingerprint density at radius 3 is 1.98 bits per heavy atom. The molecule has 2 aliphatic heterocycles. The Kier molecular flexibility index (Phi) is 9.70. The molecule has 3 aromatic carbocycles. The fourth-order valence-corrected chi connectivity index (χ4v) is 13.3. The molecule has 64 heavy (non-hydrogen) atoms. The fraction of sp³-hybridized carbons (Fsp3) is 0.500. The predicted molar refractivity (Wildman–Crippen MR) is 276 cm³/mol. The highest BCUT2D eigenvalue weighted by atomic mass is 16.3. The lowest BCUT2D eigenvalue weighted by molar-refractivity contribution is 0.123. The number of hydrogen-bond acceptors (Lipinski definition) is 3. The minimum Gasteiger partial charge on any atom is -0.468 e. The van der Waals surface area contributed by atoms with Gasteiger partial charge in [-0.1, -0.05) is 119 Å². The summed E-state index contributed by atoms with van der Waals surface area (Å²) in [7, 11) is 0. The Balaban J connectivity index is 1.32. The number of nitrogens with zero attached hydrogens (tertiary/aromatic N) is 2. The van der Waals surface area contributed by atoms with Crippen LogP contribution in [0.2, 0.25) is 0 Å². The molecule has 3 heterocycles. The lowest BCUT2D eigenvalue weighted by Gasteiger charge is -2.50. The van der Waals surface area contributed by atoms with Crippen LogP contribution in [0, 0.1) is 23.7 Å². The summed E-state index contributed by atoms with van der Waals surface area (Å²) in [5, 5.41) is 0. The van der Waals surface area contributed by atoms with Crippen molar-refractivity contribution in [2.75, 3.05) is 9.80 Å². The second-order valence-electron chi connectivity index (χ2n) is 24.9. The third-order valence-electron chi connectivity index (χ3n) is 17.7. The van der Waals surface area contributed by atoms with Crippen molar-refractivity contribution in [1.82, 2.24) is 0 Å². The zero-order chi connectivity index (χ0) is 45.7. The first-order valence-corrected chi connectivity index (χ1v) is 24.9. The second-order valence-corrected chi connectivity index (χ2v) is 24.9. The molecule has 0 bridgehead atoms. The second kappa shape index (κ2) is 14.3. The van der Waals surface area contributed by atoms with E-state index in [0.717, 1.165) is 30.7 Å². The van der Waals surface area contributed by atoms with E-state index in [0.29, 0.717) is 5.92 Å². The first-order chi connectivity index (χ1) is 30.0. The third kappa shape index (κ3) is 6.41. The van der Waals surface area contributed by atoms with Crippen LogP contribution in [0.25, 0.3) is 6.08 Å². The highest BCUT2D eigenvalue weighted by molar-refractivity contribution is 6.99. The maximum absolute atomic E-state index is 7.66. The van der Waals surface area contributed by atoms with Crippen molar-refractivity contribution in [3.05, 3.63) is 124 Å². The normalized spacial score (nSPS) is 23.5. The number of unbranched alkanes of at least 4 members (excludes halogenated alkanes) is 1. The molecule has 0 amide bonds. The van der Waals surface area contributed by atoms with Crippen LogP contribution in [0.5, 0.6) is 0 Å². The van der Waals surface area contributed by atoms with Gasteiger partial charge in [0.15, 0.2) is 0 Å². The lowest BCUT2D eigenvalue weighted by atomic mass is 9.35. The number of anilines is 5. The molecule has 6 aliphatic rings. The predicted octanol–water partition coefficient (Wildman–Crippen LogP) is 14.9. The van der Waals surface area contributed by atoms with Crippen molar-refractivity contribution >= 4 is 57.8 Å². The van der Waals surface area contributed by atoms with E-state index in [1.165, 1.54) is 117 Å². The molecule has 4 aromatic rings. The molecular formula is C60H75BN2O. The SMILES string of the molecule is C=CCC/C=C(\C=C/C)N1c2cc(C)cc3c2B(c2cc4c(cc2N3c2ccc3c(c2)C(C)(C)CCC3(C)C)C(C)(C)CCC4(C)C)c2oc3c(c21)CC1C(=C3)C(C)(C)CCC1(C)C. The summed E-state index contributed by atoms with van der Waals surface area (Å²) in [5.41, 5.74) is 22.3. The van der Waals surface area contributed by atoms with Gasteiger partial charge in [0.1, 0.15) is 5.76 Å². The Morgan fingerprint density at radius 2 is 1.33 bits per heavy atom. The zero-order valence-electron chi connectivity index (χ0n) is 42.0. The van der Waals surface area contributed by atoms with Crippen molar-refractivity contribution < 1.29 is 4.42 Å². The van der Waals surface area contributed by atoms with Crippen LogP contribution in [0.1, 0.15) is 181 Å². The minimum atomic E-state index is -0.0608. The van der Waals surface area contributed by atoms with E-state index in [9.17, 15) is 0 Å². The smallest absolute Gasteiger partial charge is 0.297 e.